The minimum absolute atomic E-state index is 0.188. The van der Waals surface area contributed by atoms with Crippen molar-refractivity contribution in [2.45, 2.75) is 57.1 Å². The largest absolute Gasteiger partial charge is 0.479 e. The zero-order chi connectivity index (χ0) is 13.0. The number of carboxylic acid groups (broad SMARTS) is 1. The molecule has 0 aliphatic heterocycles. The number of hydrogen-bond acceptors (Lipinski definition) is 4. The molecule has 0 amide bonds. The maximum absolute atomic E-state index is 10.6. The zero-order valence-electron chi connectivity index (χ0n) is 10.3. The van der Waals surface area contributed by atoms with Crippen LogP contribution in [0, 0.1) is 0 Å². The molecular weight excluding hydrogens is 234 g/mol. The Morgan fingerprint density at radius 2 is 2.17 bits per heavy atom. The van der Waals surface area contributed by atoms with Gasteiger partial charge in [0.1, 0.15) is 12.2 Å². The Kier molecular flexibility index (Phi) is 4.30. The summed E-state index contributed by atoms with van der Waals surface area (Å²) in [5.74, 6) is 0.192. The highest BCUT2D eigenvalue weighted by Crippen LogP contribution is 2.31. The molecule has 18 heavy (non-hydrogen) atoms. The number of rotatable bonds is 5. The summed E-state index contributed by atoms with van der Waals surface area (Å²) in [5, 5.41) is 26.0. The third-order valence-electron chi connectivity index (χ3n) is 3.54. The summed E-state index contributed by atoms with van der Waals surface area (Å²) in [6, 6.07) is 0. The lowest BCUT2D eigenvalue weighted by Crippen LogP contribution is -2.22. The van der Waals surface area contributed by atoms with Gasteiger partial charge in [-0.1, -0.05) is 19.3 Å². The van der Waals surface area contributed by atoms with Crippen molar-refractivity contribution >= 4 is 5.97 Å². The van der Waals surface area contributed by atoms with Crippen molar-refractivity contribution in [3.63, 3.8) is 0 Å². The fourth-order valence-corrected chi connectivity index (χ4v) is 2.50. The molecule has 1 aromatic rings. The summed E-state index contributed by atoms with van der Waals surface area (Å²) in [6.45, 7) is 0.451. The fourth-order valence-electron chi connectivity index (χ4n) is 2.50. The summed E-state index contributed by atoms with van der Waals surface area (Å²) in [4.78, 5) is 10.6. The second-order valence-electron chi connectivity index (χ2n) is 4.86. The molecule has 2 N–H and O–H groups in total. The predicted molar refractivity (Wildman–Crippen MR) is 64.1 cm³/mol. The first kappa shape index (κ1) is 13.0. The predicted octanol–water partition coefficient (Wildman–Crippen LogP) is 1.16. The van der Waals surface area contributed by atoms with Crippen LogP contribution >= 0.6 is 0 Å². The van der Waals surface area contributed by atoms with E-state index in [1.54, 1.807) is 6.33 Å². The van der Waals surface area contributed by atoms with Crippen LogP contribution < -0.4 is 0 Å². The Morgan fingerprint density at radius 3 is 2.83 bits per heavy atom. The second-order valence-corrected chi connectivity index (χ2v) is 4.86. The summed E-state index contributed by atoms with van der Waals surface area (Å²) in [5.41, 5.74) is 0. The Balaban J connectivity index is 1.96. The first-order valence-corrected chi connectivity index (χ1v) is 6.47. The number of carboxylic acids is 1. The molecule has 1 aliphatic carbocycles. The molecule has 6 heteroatoms. The van der Waals surface area contributed by atoms with Gasteiger partial charge in [-0.25, -0.2) is 4.79 Å². The molecular formula is C12H19N3O3. The molecule has 1 aromatic heterocycles. The summed E-state index contributed by atoms with van der Waals surface area (Å²) < 4.78 is 1.88. The molecule has 6 nitrogen and oxygen atoms in total. The number of nitrogens with zero attached hydrogens (tertiary/aromatic N) is 3. The van der Waals surface area contributed by atoms with Gasteiger partial charge in [0.25, 0.3) is 0 Å². The molecule has 1 heterocycles. The summed E-state index contributed by atoms with van der Waals surface area (Å²) in [7, 11) is 0. The van der Waals surface area contributed by atoms with Crippen molar-refractivity contribution in [3.8, 4) is 0 Å². The van der Waals surface area contributed by atoms with Crippen LogP contribution in [0.25, 0.3) is 0 Å². The van der Waals surface area contributed by atoms with Crippen LogP contribution in [-0.2, 0) is 11.3 Å². The first-order valence-electron chi connectivity index (χ1n) is 6.47. The Hall–Kier alpha value is -1.43. The standard InChI is InChI=1S/C12H19N3O3/c16-10(12(17)18)6-7-15-8-13-14-11(15)9-4-2-1-3-5-9/h8-10,16H,1-7H2,(H,17,18). The van der Waals surface area contributed by atoms with Crippen molar-refractivity contribution in [1.82, 2.24) is 14.8 Å². The van der Waals surface area contributed by atoms with Crippen LogP contribution in [0.4, 0.5) is 0 Å². The molecule has 1 saturated carbocycles. The lowest BCUT2D eigenvalue weighted by Gasteiger charge is -2.21. The second kappa shape index (κ2) is 5.95. The van der Waals surface area contributed by atoms with E-state index in [0.717, 1.165) is 18.7 Å². The van der Waals surface area contributed by atoms with Gasteiger partial charge in [-0.3, -0.25) is 0 Å². The summed E-state index contributed by atoms with van der Waals surface area (Å²) in [6.07, 6.45) is 6.46. The van der Waals surface area contributed by atoms with Gasteiger partial charge in [-0.05, 0) is 12.8 Å². The van der Waals surface area contributed by atoms with E-state index in [1.165, 1.54) is 19.3 Å². The topological polar surface area (TPSA) is 88.2 Å². The highest BCUT2D eigenvalue weighted by atomic mass is 16.4. The van der Waals surface area contributed by atoms with Crippen LogP contribution in [0.3, 0.4) is 0 Å². The molecule has 100 valence electrons. The Bertz CT molecular complexity index is 399. The molecule has 0 radical (unpaired) electrons. The fraction of sp³-hybridized carbons (Fsp3) is 0.750. The van der Waals surface area contributed by atoms with Crippen molar-refractivity contribution < 1.29 is 15.0 Å². The van der Waals surface area contributed by atoms with Crippen molar-refractivity contribution in [2.75, 3.05) is 0 Å². The van der Waals surface area contributed by atoms with E-state index in [2.05, 4.69) is 10.2 Å². The van der Waals surface area contributed by atoms with Crippen LogP contribution in [0.1, 0.15) is 50.3 Å². The van der Waals surface area contributed by atoms with E-state index in [1.807, 2.05) is 4.57 Å². The quantitative estimate of drug-likeness (QED) is 0.822. The van der Waals surface area contributed by atoms with Gasteiger partial charge in [-0.15, -0.1) is 10.2 Å². The van der Waals surface area contributed by atoms with Gasteiger partial charge in [0.15, 0.2) is 6.10 Å². The molecule has 2 rings (SSSR count). The summed E-state index contributed by atoms with van der Waals surface area (Å²) >= 11 is 0. The molecule has 0 spiro atoms. The van der Waals surface area contributed by atoms with Gasteiger partial charge in [0, 0.05) is 18.9 Å². The lowest BCUT2D eigenvalue weighted by molar-refractivity contribution is -0.147. The number of aliphatic hydroxyl groups is 1. The molecule has 1 aliphatic rings. The van der Waals surface area contributed by atoms with Crippen molar-refractivity contribution in [3.05, 3.63) is 12.2 Å². The third kappa shape index (κ3) is 3.07. The molecule has 1 unspecified atom stereocenters. The Labute approximate surface area is 106 Å². The molecule has 1 atom stereocenters. The van der Waals surface area contributed by atoms with Gasteiger partial charge in [-0.2, -0.15) is 0 Å². The number of aliphatic carboxylic acids is 1. The molecule has 0 bridgehead atoms. The molecule has 0 saturated heterocycles. The van der Waals surface area contributed by atoms with Gasteiger partial charge >= 0.3 is 5.97 Å². The van der Waals surface area contributed by atoms with Crippen LogP contribution in [0.15, 0.2) is 6.33 Å². The number of aromatic nitrogens is 3. The van der Waals surface area contributed by atoms with E-state index in [0.29, 0.717) is 12.5 Å². The van der Waals surface area contributed by atoms with Crippen LogP contribution in [-0.4, -0.2) is 37.1 Å². The number of aliphatic hydroxyl groups excluding tert-OH is 1. The van der Waals surface area contributed by atoms with Gasteiger partial charge < -0.3 is 14.8 Å². The van der Waals surface area contributed by atoms with Crippen molar-refractivity contribution in [2.24, 2.45) is 0 Å². The third-order valence-corrected chi connectivity index (χ3v) is 3.54. The van der Waals surface area contributed by atoms with Crippen LogP contribution in [0.2, 0.25) is 0 Å². The lowest BCUT2D eigenvalue weighted by atomic mass is 9.88. The van der Waals surface area contributed by atoms with Crippen LogP contribution in [0.5, 0.6) is 0 Å². The monoisotopic (exact) mass is 253 g/mol. The first-order chi connectivity index (χ1) is 8.68. The highest BCUT2D eigenvalue weighted by Gasteiger charge is 2.21. The minimum atomic E-state index is -1.31. The average Bonchev–Trinajstić information content (AvgIpc) is 2.85. The smallest absolute Gasteiger partial charge is 0.332 e. The highest BCUT2D eigenvalue weighted by molar-refractivity contribution is 5.71. The average molecular weight is 253 g/mol. The molecule has 1 fully saturated rings. The SMILES string of the molecule is O=C(O)C(O)CCn1cnnc1C1CCCCC1. The van der Waals surface area contributed by atoms with Gasteiger partial charge in [0.05, 0.1) is 0 Å². The number of aryl methyl sites for hydroxylation is 1. The van der Waals surface area contributed by atoms with Gasteiger partial charge in [0.2, 0.25) is 0 Å². The normalized spacial score (nSPS) is 18.7. The number of hydrogen-bond donors (Lipinski definition) is 2. The van der Waals surface area contributed by atoms with E-state index in [-0.39, 0.29) is 6.42 Å². The van der Waals surface area contributed by atoms with E-state index in [9.17, 15) is 9.90 Å². The van der Waals surface area contributed by atoms with E-state index < -0.39 is 12.1 Å². The molecule has 0 aromatic carbocycles. The van der Waals surface area contributed by atoms with E-state index in [4.69, 9.17) is 5.11 Å². The van der Waals surface area contributed by atoms with Crippen molar-refractivity contribution in [1.29, 1.82) is 0 Å². The maximum atomic E-state index is 10.6. The number of carbonyl (C=O) groups is 1. The minimum Gasteiger partial charge on any atom is -0.479 e. The zero-order valence-corrected chi connectivity index (χ0v) is 10.3. The maximum Gasteiger partial charge on any atom is 0.332 e. The van der Waals surface area contributed by atoms with E-state index >= 15 is 0 Å². The Morgan fingerprint density at radius 1 is 1.44 bits per heavy atom.